The van der Waals surface area contributed by atoms with Crippen LogP contribution in [0.25, 0.3) is 0 Å². The molecule has 0 unspecified atom stereocenters. The van der Waals surface area contributed by atoms with Gasteiger partial charge in [-0.05, 0) is 18.6 Å². The van der Waals surface area contributed by atoms with Crippen molar-refractivity contribution < 1.29 is 23.4 Å². The number of benzene rings is 1. The first-order valence-corrected chi connectivity index (χ1v) is 6.29. The standard InChI is InChI=1S/C10H13NO5S/c1-7-4-2-3-5-9(7)17(15,16)11-6-8(12)10(13)14/h2-5,8,11-12H,6H2,1H3,(H,13,14)/t8-/m0/s1. The van der Waals surface area contributed by atoms with Crippen molar-refractivity contribution in [1.82, 2.24) is 4.72 Å². The first kappa shape index (κ1) is 13.6. The van der Waals surface area contributed by atoms with Crippen molar-refractivity contribution in [1.29, 1.82) is 0 Å². The lowest BCUT2D eigenvalue weighted by Gasteiger charge is -2.10. The van der Waals surface area contributed by atoms with Gasteiger partial charge in [0, 0.05) is 6.54 Å². The largest absolute Gasteiger partial charge is 0.479 e. The summed E-state index contributed by atoms with van der Waals surface area (Å²) in [6.45, 7) is 1.06. The summed E-state index contributed by atoms with van der Waals surface area (Å²) in [5.74, 6) is -1.47. The van der Waals surface area contributed by atoms with Gasteiger partial charge in [0.05, 0.1) is 4.90 Å². The Bertz CT molecular complexity index is 511. The summed E-state index contributed by atoms with van der Waals surface area (Å²) < 4.78 is 25.6. The van der Waals surface area contributed by atoms with Crippen LogP contribution < -0.4 is 4.72 Å². The van der Waals surface area contributed by atoms with E-state index in [1.165, 1.54) is 6.07 Å². The van der Waals surface area contributed by atoms with Gasteiger partial charge in [0.2, 0.25) is 10.0 Å². The van der Waals surface area contributed by atoms with Crippen LogP contribution in [0.4, 0.5) is 0 Å². The van der Waals surface area contributed by atoms with Gasteiger partial charge in [-0.15, -0.1) is 0 Å². The molecule has 0 amide bonds. The number of aliphatic hydroxyl groups excluding tert-OH is 1. The summed E-state index contributed by atoms with van der Waals surface area (Å²) in [6, 6.07) is 6.29. The third-order valence-corrected chi connectivity index (χ3v) is 3.72. The van der Waals surface area contributed by atoms with Crippen molar-refractivity contribution in [3.05, 3.63) is 29.8 Å². The quantitative estimate of drug-likeness (QED) is 0.674. The average Bonchev–Trinajstić information content (AvgIpc) is 2.26. The number of hydrogen-bond donors (Lipinski definition) is 3. The molecule has 94 valence electrons. The number of carbonyl (C=O) groups is 1. The number of sulfonamides is 1. The first-order valence-electron chi connectivity index (χ1n) is 4.81. The van der Waals surface area contributed by atoms with E-state index in [1.807, 2.05) is 4.72 Å². The fourth-order valence-electron chi connectivity index (χ4n) is 1.21. The fourth-order valence-corrected chi connectivity index (χ4v) is 2.49. The van der Waals surface area contributed by atoms with E-state index < -0.39 is 28.6 Å². The van der Waals surface area contributed by atoms with Crippen molar-refractivity contribution >= 4 is 16.0 Å². The van der Waals surface area contributed by atoms with E-state index >= 15 is 0 Å². The van der Waals surface area contributed by atoms with Gasteiger partial charge in [-0.3, -0.25) is 0 Å². The molecule has 17 heavy (non-hydrogen) atoms. The van der Waals surface area contributed by atoms with Crippen LogP contribution in [0.1, 0.15) is 5.56 Å². The van der Waals surface area contributed by atoms with Crippen LogP contribution in [0.2, 0.25) is 0 Å². The molecule has 0 radical (unpaired) electrons. The second-order valence-corrected chi connectivity index (χ2v) is 5.21. The monoisotopic (exact) mass is 259 g/mol. The Morgan fingerprint density at radius 3 is 2.53 bits per heavy atom. The molecule has 0 fully saturated rings. The van der Waals surface area contributed by atoms with Gasteiger partial charge in [-0.1, -0.05) is 18.2 Å². The lowest BCUT2D eigenvalue weighted by molar-refractivity contribution is -0.146. The molecule has 0 aliphatic heterocycles. The van der Waals surface area contributed by atoms with E-state index in [1.54, 1.807) is 25.1 Å². The summed E-state index contributed by atoms with van der Waals surface area (Å²) in [5.41, 5.74) is 0.546. The predicted molar refractivity (Wildman–Crippen MR) is 60.0 cm³/mol. The molecule has 0 aliphatic carbocycles. The smallest absolute Gasteiger partial charge is 0.333 e. The highest BCUT2D eigenvalue weighted by Crippen LogP contribution is 2.13. The number of aliphatic hydroxyl groups is 1. The van der Waals surface area contributed by atoms with E-state index in [4.69, 9.17) is 10.2 Å². The maximum absolute atomic E-state index is 11.8. The Morgan fingerprint density at radius 2 is 2.00 bits per heavy atom. The number of nitrogens with one attached hydrogen (secondary N) is 1. The van der Waals surface area contributed by atoms with Crippen LogP contribution in [-0.4, -0.2) is 37.2 Å². The molecule has 0 saturated heterocycles. The van der Waals surface area contributed by atoms with Crippen LogP contribution in [-0.2, 0) is 14.8 Å². The molecule has 0 aliphatic rings. The highest BCUT2D eigenvalue weighted by Gasteiger charge is 2.20. The molecular weight excluding hydrogens is 246 g/mol. The van der Waals surface area contributed by atoms with Crippen molar-refractivity contribution in [3.63, 3.8) is 0 Å². The molecule has 6 nitrogen and oxygen atoms in total. The van der Waals surface area contributed by atoms with E-state index in [2.05, 4.69) is 0 Å². The number of rotatable bonds is 5. The van der Waals surface area contributed by atoms with E-state index in [0.717, 1.165) is 0 Å². The average molecular weight is 259 g/mol. The van der Waals surface area contributed by atoms with Gasteiger partial charge in [-0.25, -0.2) is 17.9 Å². The predicted octanol–water partition coefficient (Wildman–Crippen LogP) is -0.281. The van der Waals surface area contributed by atoms with Gasteiger partial charge in [-0.2, -0.15) is 0 Å². The Balaban J connectivity index is 2.84. The maximum Gasteiger partial charge on any atom is 0.333 e. The molecule has 7 heteroatoms. The molecule has 1 rings (SSSR count). The summed E-state index contributed by atoms with van der Waals surface area (Å²) in [4.78, 5) is 10.4. The summed E-state index contributed by atoms with van der Waals surface area (Å²) in [7, 11) is -3.79. The fraction of sp³-hybridized carbons (Fsp3) is 0.300. The molecule has 0 bridgehead atoms. The molecular formula is C10H13NO5S. The lowest BCUT2D eigenvalue weighted by atomic mass is 10.2. The minimum absolute atomic E-state index is 0.0672. The summed E-state index contributed by atoms with van der Waals surface area (Å²) in [6.07, 6.45) is -1.76. The number of aliphatic carboxylic acids is 1. The van der Waals surface area contributed by atoms with Gasteiger partial charge in [0.25, 0.3) is 0 Å². The Kier molecular flexibility index (Phi) is 4.22. The van der Waals surface area contributed by atoms with Crippen molar-refractivity contribution in [3.8, 4) is 0 Å². The number of hydrogen-bond acceptors (Lipinski definition) is 4. The van der Waals surface area contributed by atoms with Crippen LogP contribution in [0.15, 0.2) is 29.2 Å². The van der Waals surface area contributed by atoms with Crippen LogP contribution in [0.5, 0.6) is 0 Å². The first-order chi connectivity index (χ1) is 7.84. The van der Waals surface area contributed by atoms with Crippen molar-refractivity contribution in [2.24, 2.45) is 0 Å². The Hall–Kier alpha value is -1.44. The van der Waals surface area contributed by atoms with Crippen LogP contribution in [0, 0.1) is 6.92 Å². The van der Waals surface area contributed by atoms with E-state index in [-0.39, 0.29) is 4.90 Å². The molecule has 1 atom stereocenters. The Labute approximate surface area is 99.0 Å². The summed E-state index contributed by atoms with van der Waals surface area (Å²) in [5, 5.41) is 17.4. The van der Waals surface area contributed by atoms with E-state index in [0.29, 0.717) is 5.56 Å². The second-order valence-electron chi connectivity index (χ2n) is 3.47. The van der Waals surface area contributed by atoms with Crippen molar-refractivity contribution in [2.45, 2.75) is 17.9 Å². The molecule has 3 N–H and O–H groups in total. The normalized spacial score (nSPS) is 13.3. The molecule has 1 aromatic rings. The van der Waals surface area contributed by atoms with Gasteiger partial charge in [0.1, 0.15) is 0 Å². The zero-order valence-electron chi connectivity index (χ0n) is 9.12. The highest BCUT2D eigenvalue weighted by atomic mass is 32.2. The van der Waals surface area contributed by atoms with Gasteiger partial charge >= 0.3 is 5.97 Å². The third kappa shape index (κ3) is 3.52. The van der Waals surface area contributed by atoms with E-state index in [9.17, 15) is 13.2 Å². The minimum Gasteiger partial charge on any atom is -0.479 e. The van der Waals surface area contributed by atoms with Crippen LogP contribution in [0.3, 0.4) is 0 Å². The molecule has 0 saturated carbocycles. The topological polar surface area (TPSA) is 104 Å². The highest BCUT2D eigenvalue weighted by molar-refractivity contribution is 7.89. The zero-order chi connectivity index (χ0) is 13.1. The molecule has 0 heterocycles. The number of aryl methyl sites for hydroxylation is 1. The molecule has 0 aromatic heterocycles. The number of carboxylic acid groups (broad SMARTS) is 1. The zero-order valence-corrected chi connectivity index (χ0v) is 9.94. The molecule has 0 spiro atoms. The van der Waals surface area contributed by atoms with Crippen molar-refractivity contribution in [2.75, 3.05) is 6.54 Å². The lowest BCUT2D eigenvalue weighted by Crippen LogP contribution is -2.36. The minimum atomic E-state index is -3.79. The molecule has 1 aromatic carbocycles. The Morgan fingerprint density at radius 1 is 1.41 bits per heavy atom. The second kappa shape index (κ2) is 5.26. The van der Waals surface area contributed by atoms with Crippen LogP contribution >= 0.6 is 0 Å². The third-order valence-electron chi connectivity index (χ3n) is 2.13. The van der Waals surface area contributed by atoms with Gasteiger partial charge < -0.3 is 10.2 Å². The summed E-state index contributed by atoms with van der Waals surface area (Å²) >= 11 is 0. The van der Waals surface area contributed by atoms with Gasteiger partial charge in [0.15, 0.2) is 6.10 Å². The maximum atomic E-state index is 11.8. The SMILES string of the molecule is Cc1ccccc1S(=O)(=O)NC[C@H](O)C(=O)O. The number of carboxylic acids is 1.